The fraction of sp³-hybridized carbons (Fsp3) is 0.238. The standard InChI is InChI=1S/C41H41O3S.CHF3O3S/c1-40(2,3)43-32-17-23-35(24-18-32)45(36-25-19-33(20-26-36)44-41(4,5)6)34-21-15-31(16-22-34)42-28-30-27-29-11-7-8-12-37(29)39-14-10-9-13-38(30)39;2-1(3,4)8(5,6)7/h7-27H,28H2,1-6H3;(H,5,6,7)/q+1;. The molecule has 0 spiro atoms. The van der Waals surface area contributed by atoms with Crippen molar-refractivity contribution in [1.29, 1.82) is 0 Å². The van der Waals surface area contributed by atoms with Crippen molar-refractivity contribution in [3.8, 4) is 17.2 Å². The van der Waals surface area contributed by atoms with Crippen LogP contribution in [0, 0.1) is 0 Å². The van der Waals surface area contributed by atoms with Gasteiger partial charge < -0.3 is 14.2 Å². The molecule has 0 atom stereocenters. The van der Waals surface area contributed by atoms with Crippen LogP contribution in [-0.4, -0.2) is 29.7 Å². The van der Waals surface area contributed by atoms with Crippen LogP contribution in [0.1, 0.15) is 47.1 Å². The Balaban J connectivity index is 0.000000609. The second kappa shape index (κ2) is 15.7. The number of hydrogen-bond acceptors (Lipinski definition) is 5. The molecule has 1 N–H and O–H groups in total. The molecule has 6 rings (SSSR count). The number of alkyl halides is 3. The van der Waals surface area contributed by atoms with Crippen LogP contribution in [0.3, 0.4) is 0 Å². The summed E-state index contributed by atoms with van der Waals surface area (Å²) < 4.78 is 76.2. The molecular weight excluding hydrogens is 722 g/mol. The summed E-state index contributed by atoms with van der Waals surface area (Å²) in [6.07, 6.45) is 0. The van der Waals surface area contributed by atoms with Gasteiger partial charge in [-0.3, -0.25) is 4.55 Å². The molecule has 0 fully saturated rings. The number of benzene rings is 6. The summed E-state index contributed by atoms with van der Waals surface area (Å²) in [5.74, 6) is 2.59. The summed E-state index contributed by atoms with van der Waals surface area (Å²) in [6.45, 7) is 12.9. The molecule has 6 aromatic rings. The van der Waals surface area contributed by atoms with E-state index in [0.717, 1.165) is 17.2 Å². The Morgan fingerprint density at radius 1 is 0.566 bits per heavy atom. The molecule has 6 nitrogen and oxygen atoms in total. The molecular formula is C42H42F3O6S2+. The molecule has 0 unspecified atom stereocenters. The van der Waals surface area contributed by atoms with Gasteiger partial charge in [0.05, 0.1) is 10.9 Å². The average Bonchev–Trinajstić information content (AvgIpc) is 3.07. The number of hydrogen-bond donors (Lipinski definition) is 1. The first-order valence-corrected chi connectivity index (χ1v) is 19.4. The molecule has 0 aliphatic rings. The zero-order valence-corrected chi connectivity index (χ0v) is 31.9. The maximum atomic E-state index is 10.7. The van der Waals surface area contributed by atoms with E-state index in [-0.39, 0.29) is 22.1 Å². The molecule has 0 aliphatic heterocycles. The second-order valence-electron chi connectivity index (χ2n) is 14.2. The van der Waals surface area contributed by atoms with Crippen LogP contribution in [0.2, 0.25) is 0 Å². The molecule has 53 heavy (non-hydrogen) atoms. The van der Waals surface area contributed by atoms with Crippen LogP contribution in [0.4, 0.5) is 13.2 Å². The molecule has 0 aromatic heterocycles. The molecule has 0 bridgehead atoms. The summed E-state index contributed by atoms with van der Waals surface area (Å²) in [5, 5.41) is 4.98. The van der Waals surface area contributed by atoms with Gasteiger partial charge in [0, 0.05) is 0 Å². The highest BCUT2D eigenvalue weighted by Gasteiger charge is 2.44. The predicted octanol–water partition coefficient (Wildman–Crippen LogP) is 11.4. The Morgan fingerprint density at radius 3 is 1.36 bits per heavy atom. The highest BCUT2D eigenvalue weighted by molar-refractivity contribution is 7.97. The van der Waals surface area contributed by atoms with E-state index in [9.17, 15) is 13.2 Å². The summed E-state index contributed by atoms with van der Waals surface area (Å²) in [5.41, 5.74) is -4.85. The summed E-state index contributed by atoms with van der Waals surface area (Å²) in [6, 6.07) is 45.0. The van der Waals surface area contributed by atoms with Gasteiger partial charge in [0.25, 0.3) is 0 Å². The average molecular weight is 764 g/mol. The van der Waals surface area contributed by atoms with Gasteiger partial charge in [-0.2, -0.15) is 21.6 Å². The van der Waals surface area contributed by atoms with E-state index in [1.807, 2.05) is 0 Å². The first-order valence-electron chi connectivity index (χ1n) is 16.8. The fourth-order valence-electron chi connectivity index (χ4n) is 5.49. The monoisotopic (exact) mass is 763 g/mol. The van der Waals surface area contributed by atoms with E-state index in [4.69, 9.17) is 27.2 Å². The maximum absolute atomic E-state index is 10.7. The Kier molecular flexibility index (Phi) is 11.7. The summed E-state index contributed by atoms with van der Waals surface area (Å²) in [4.78, 5) is 3.65. The van der Waals surface area contributed by atoms with Gasteiger partial charge in [-0.05, 0) is 148 Å². The number of halogens is 3. The predicted molar refractivity (Wildman–Crippen MR) is 206 cm³/mol. The number of ether oxygens (including phenoxy) is 3. The zero-order chi connectivity index (χ0) is 38.6. The van der Waals surface area contributed by atoms with Gasteiger partial charge in [-0.25, -0.2) is 0 Å². The summed E-state index contributed by atoms with van der Waals surface area (Å²) >= 11 is 0. The van der Waals surface area contributed by atoms with Crippen molar-refractivity contribution >= 4 is 42.6 Å². The fourth-order valence-corrected chi connectivity index (χ4v) is 7.53. The van der Waals surface area contributed by atoms with Crippen LogP contribution < -0.4 is 14.2 Å². The lowest BCUT2D eigenvalue weighted by atomic mass is 9.98. The van der Waals surface area contributed by atoms with Gasteiger partial charge in [0.15, 0.2) is 14.7 Å². The van der Waals surface area contributed by atoms with Crippen molar-refractivity contribution < 1.29 is 40.4 Å². The lowest BCUT2D eigenvalue weighted by Crippen LogP contribution is -2.23. The third-order valence-corrected chi connectivity index (χ3v) is 10.4. The molecule has 0 saturated heterocycles. The normalized spacial score (nSPS) is 12.4. The minimum Gasteiger partial charge on any atom is -0.489 e. The zero-order valence-electron chi connectivity index (χ0n) is 30.3. The van der Waals surface area contributed by atoms with Gasteiger partial charge >= 0.3 is 15.6 Å². The first-order chi connectivity index (χ1) is 24.8. The second-order valence-corrected chi connectivity index (χ2v) is 17.6. The minimum atomic E-state index is -5.84. The Labute approximate surface area is 311 Å². The van der Waals surface area contributed by atoms with Crippen molar-refractivity contribution in [1.82, 2.24) is 0 Å². The Bertz CT molecular complexity index is 2200. The van der Waals surface area contributed by atoms with E-state index >= 15 is 0 Å². The highest BCUT2D eigenvalue weighted by atomic mass is 32.2. The lowest BCUT2D eigenvalue weighted by Gasteiger charge is -2.21. The maximum Gasteiger partial charge on any atom is 0.522 e. The van der Waals surface area contributed by atoms with E-state index in [2.05, 4.69) is 169 Å². The molecule has 0 amide bonds. The third-order valence-electron chi connectivity index (χ3n) is 7.57. The Morgan fingerprint density at radius 2 is 0.943 bits per heavy atom. The molecule has 11 heteroatoms. The van der Waals surface area contributed by atoms with Crippen molar-refractivity contribution in [2.75, 3.05) is 0 Å². The molecule has 0 aliphatic carbocycles. The van der Waals surface area contributed by atoms with Crippen molar-refractivity contribution in [2.45, 2.75) is 79.5 Å². The van der Waals surface area contributed by atoms with Gasteiger partial charge in [-0.15, -0.1) is 0 Å². The smallest absolute Gasteiger partial charge is 0.489 e. The Hall–Kier alpha value is -4.71. The van der Waals surface area contributed by atoms with E-state index in [1.165, 1.54) is 41.8 Å². The minimum absolute atomic E-state index is 0.249. The number of fused-ring (bicyclic) bond motifs is 3. The van der Waals surface area contributed by atoms with Gasteiger partial charge in [0.2, 0.25) is 0 Å². The third kappa shape index (κ3) is 10.7. The van der Waals surface area contributed by atoms with Crippen molar-refractivity contribution in [3.05, 3.63) is 133 Å². The summed E-state index contributed by atoms with van der Waals surface area (Å²) in [7, 11) is -6.17. The van der Waals surface area contributed by atoms with Gasteiger partial charge in [-0.1, -0.05) is 48.5 Å². The van der Waals surface area contributed by atoms with Crippen molar-refractivity contribution in [3.63, 3.8) is 0 Å². The van der Waals surface area contributed by atoms with E-state index in [0.29, 0.717) is 6.61 Å². The lowest BCUT2D eigenvalue weighted by molar-refractivity contribution is -0.0510. The highest BCUT2D eigenvalue weighted by Crippen LogP contribution is 2.35. The quantitative estimate of drug-likeness (QED) is 0.0719. The van der Waals surface area contributed by atoms with E-state index in [1.54, 1.807) is 0 Å². The molecule has 0 saturated carbocycles. The molecule has 6 aromatic carbocycles. The van der Waals surface area contributed by atoms with Crippen LogP contribution >= 0.6 is 0 Å². The largest absolute Gasteiger partial charge is 0.522 e. The van der Waals surface area contributed by atoms with E-state index < -0.39 is 15.6 Å². The van der Waals surface area contributed by atoms with Crippen LogP contribution in [-0.2, 0) is 27.6 Å². The molecule has 278 valence electrons. The van der Waals surface area contributed by atoms with Crippen molar-refractivity contribution in [2.24, 2.45) is 0 Å². The topological polar surface area (TPSA) is 82.1 Å². The van der Waals surface area contributed by atoms with Gasteiger partial charge in [0.1, 0.15) is 35.1 Å². The SMILES string of the molecule is CC(C)(C)Oc1ccc([S+](c2ccc(OCc3cc4ccccc4c4ccccc34)cc2)c2ccc(OC(C)(C)C)cc2)cc1.O=S(=O)(O)C(F)(F)F. The van der Waals surface area contributed by atoms with Crippen LogP contribution in [0.15, 0.2) is 142 Å². The van der Waals surface area contributed by atoms with Crippen LogP contribution in [0.5, 0.6) is 17.2 Å². The number of rotatable bonds is 8. The van der Waals surface area contributed by atoms with Crippen LogP contribution in [0.25, 0.3) is 21.5 Å². The molecule has 0 radical (unpaired) electrons. The molecule has 0 heterocycles. The first kappa shape index (κ1) is 39.5.